The van der Waals surface area contributed by atoms with E-state index < -0.39 is 10.0 Å². The highest BCUT2D eigenvalue weighted by atomic mass is 35.5. The molecule has 1 aliphatic heterocycles. The van der Waals surface area contributed by atoms with Gasteiger partial charge in [0.05, 0.1) is 12.4 Å². The molecule has 5 nitrogen and oxygen atoms in total. The summed E-state index contributed by atoms with van der Waals surface area (Å²) in [6.07, 6.45) is 0.893. The third-order valence-electron chi connectivity index (χ3n) is 2.64. The summed E-state index contributed by atoms with van der Waals surface area (Å²) in [6.45, 7) is 3.93. The smallest absolute Gasteiger partial charge is 0.216 e. The van der Waals surface area contributed by atoms with Gasteiger partial charge in [-0.25, -0.2) is 12.7 Å². The fraction of sp³-hybridized carbons (Fsp3) is 1.00. The largest absolute Gasteiger partial charge is 0.381 e. The zero-order valence-electron chi connectivity index (χ0n) is 9.81. The van der Waals surface area contributed by atoms with E-state index in [-0.39, 0.29) is 18.2 Å². The van der Waals surface area contributed by atoms with Gasteiger partial charge in [0.25, 0.3) is 0 Å². The maximum Gasteiger partial charge on any atom is 0.216 e. The molecule has 0 saturated carbocycles. The van der Waals surface area contributed by atoms with Gasteiger partial charge in [-0.1, -0.05) is 0 Å². The van der Waals surface area contributed by atoms with Crippen molar-refractivity contribution in [3.8, 4) is 0 Å². The zero-order chi connectivity index (χ0) is 11.3. The van der Waals surface area contributed by atoms with E-state index >= 15 is 0 Å². The van der Waals surface area contributed by atoms with Crippen LogP contribution in [0.3, 0.4) is 0 Å². The molecule has 98 valence electrons. The Morgan fingerprint density at radius 3 is 2.69 bits per heavy atom. The average Bonchev–Trinajstić information content (AvgIpc) is 2.66. The second-order valence-electron chi connectivity index (χ2n) is 3.65. The summed E-state index contributed by atoms with van der Waals surface area (Å²) in [5.41, 5.74) is 0. The minimum absolute atomic E-state index is 0. The number of halogens is 1. The van der Waals surface area contributed by atoms with Crippen LogP contribution in [0.25, 0.3) is 0 Å². The van der Waals surface area contributed by atoms with Crippen LogP contribution in [-0.2, 0) is 14.8 Å². The highest BCUT2D eigenvalue weighted by Gasteiger charge is 2.29. The molecule has 1 rings (SSSR count). The van der Waals surface area contributed by atoms with Crippen LogP contribution in [-0.4, -0.2) is 57.9 Å². The Kier molecular flexibility index (Phi) is 7.50. The van der Waals surface area contributed by atoms with Gasteiger partial charge in [-0.3, -0.25) is 0 Å². The predicted octanol–water partition coefficient (Wildman–Crippen LogP) is 0.0682. The molecule has 1 N–H and O–H groups in total. The minimum atomic E-state index is -3.11. The van der Waals surface area contributed by atoms with Crippen LogP contribution in [0, 0.1) is 0 Å². The van der Waals surface area contributed by atoms with Gasteiger partial charge in [0.1, 0.15) is 0 Å². The number of ether oxygens (including phenoxy) is 1. The first kappa shape index (κ1) is 16.1. The van der Waals surface area contributed by atoms with Gasteiger partial charge in [-0.2, -0.15) is 0 Å². The molecule has 0 amide bonds. The van der Waals surface area contributed by atoms with Gasteiger partial charge in [-0.05, 0) is 20.4 Å². The summed E-state index contributed by atoms with van der Waals surface area (Å²) in [4.78, 5) is 0. The number of likely N-dealkylation sites (N-methyl/N-ethyl adjacent to an activating group) is 1. The highest BCUT2D eigenvalue weighted by Crippen LogP contribution is 2.13. The molecule has 1 saturated heterocycles. The normalized spacial score (nSPS) is 22.0. The summed E-state index contributed by atoms with van der Waals surface area (Å²) >= 11 is 0. The van der Waals surface area contributed by atoms with Crippen molar-refractivity contribution in [2.45, 2.75) is 19.4 Å². The Morgan fingerprint density at radius 2 is 2.19 bits per heavy atom. The Labute approximate surface area is 104 Å². The number of hydrogen-bond acceptors (Lipinski definition) is 4. The Bertz CT molecular complexity index is 284. The summed E-state index contributed by atoms with van der Waals surface area (Å²) in [5, 5.41) is 3.10. The number of sulfonamides is 1. The average molecular weight is 273 g/mol. The monoisotopic (exact) mass is 272 g/mol. The maximum absolute atomic E-state index is 11.8. The standard InChI is InChI=1S/C9H20N2O3S.ClH/c1-3-14-6-7-15(12,13)11-5-4-9(8-11)10-2;/h9-10H,3-8H2,1-2H3;1H. The molecule has 1 aliphatic rings. The fourth-order valence-electron chi connectivity index (χ4n) is 1.65. The number of nitrogens with zero attached hydrogens (tertiary/aromatic N) is 1. The second kappa shape index (κ2) is 7.45. The van der Waals surface area contributed by atoms with Crippen molar-refractivity contribution < 1.29 is 13.2 Å². The van der Waals surface area contributed by atoms with Crippen molar-refractivity contribution in [1.82, 2.24) is 9.62 Å². The van der Waals surface area contributed by atoms with E-state index in [0.29, 0.717) is 32.3 Å². The van der Waals surface area contributed by atoms with Crippen LogP contribution in [0.4, 0.5) is 0 Å². The molecule has 7 heteroatoms. The Hall–Kier alpha value is 0.120. The SMILES string of the molecule is CCOCCS(=O)(=O)N1CCC(NC)C1.Cl. The van der Waals surface area contributed by atoms with Crippen LogP contribution >= 0.6 is 12.4 Å². The Morgan fingerprint density at radius 1 is 1.50 bits per heavy atom. The van der Waals surface area contributed by atoms with Crippen LogP contribution < -0.4 is 5.32 Å². The molecule has 16 heavy (non-hydrogen) atoms. The predicted molar refractivity (Wildman–Crippen MR) is 66.6 cm³/mol. The quantitative estimate of drug-likeness (QED) is 0.695. The molecular formula is C9H21ClN2O3S. The fourth-order valence-corrected chi connectivity index (χ4v) is 3.03. The summed E-state index contributed by atoms with van der Waals surface area (Å²) in [6, 6.07) is 0.298. The molecule has 1 fully saturated rings. The van der Waals surface area contributed by atoms with Crippen molar-refractivity contribution in [2.75, 3.05) is 39.1 Å². The highest BCUT2D eigenvalue weighted by molar-refractivity contribution is 7.89. The van der Waals surface area contributed by atoms with Gasteiger partial charge < -0.3 is 10.1 Å². The van der Waals surface area contributed by atoms with Gasteiger partial charge in [0.2, 0.25) is 10.0 Å². The van der Waals surface area contributed by atoms with E-state index in [9.17, 15) is 8.42 Å². The molecule has 0 aromatic carbocycles. The topological polar surface area (TPSA) is 58.6 Å². The molecule has 1 atom stereocenters. The van der Waals surface area contributed by atoms with Crippen molar-refractivity contribution in [3.05, 3.63) is 0 Å². The van der Waals surface area contributed by atoms with E-state index in [0.717, 1.165) is 6.42 Å². The number of rotatable bonds is 6. The first-order chi connectivity index (χ1) is 7.10. The van der Waals surface area contributed by atoms with Crippen LogP contribution in [0.2, 0.25) is 0 Å². The van der Waals surface area contributed by atoms with Crippen molar-refractivity contribution >= 4 is 22.4 Å². The van der Waals surface area contributed by atoms with Gasteiger partial charge >= 0.3 is 0 Å². The molecule has 0 spiro atoms. The van der Waals surface area contributed by atoms with E-state index in [1.807, 2.05) is 14.0 Å². The third-order valence-corrected chi connectivity index (χ3v) is 4.44. The van der Waals surface area contributed by atoms with E-state index in [4.69, 9.17) is 4.74 Å². The summed E-state index contributed by atoms with van der Waals surface area (Å²) < 4.78 is 30.2. The van der Waals surface area contributed by atoms with Gasteiger partial charge in [0, 0.05) is 25.7 Å². The third kappa shape index (κ3) is 4.55. The second-order valence-corrected chi connectivity index (χ2v) is 5.73. The number of nitrogens with one attached hydrogen (secondary N) is 1. The lowest BCUT2D eigenvalue weighted by Gasteiger charge is -2.16. The van der Waals surface area contributed by atoms with Crippen molar-refractivity contribution in [1.29, 1.82) is 0 Å². The lowest BCUT2D eigenvalue weighted by molar-refractivity contribution is 0.162. The van der Waals surface area contributed by atoms with Crippen LogP contribution in [0.1, 0.15) is 13.3 Å². The first-order valence-corrected chi connectivity index (χ1v) is 6.94. The molecular weight excluding hydrogens is 252 g/mol. The molecule has 0 bridgehead atoms. The lowest BCUT2D eigenvalue weighted by atomic mass is 10.3. The molecule has 0 radical (unpaired) electrons. The van der Waals surface area contributed by atoms with E-state index in [1.54, 1.807) is 4.31 Å². The van der Waals surface area contributed by atoms with E-state index in [1.165, 1.54) is 0 Å². The van der Waals surface area contributed by atoms with Crippen LogP contribution in [0.15, 0.2) is 0 Å². The van der Waals surface area contributed by atoms with Crippen molar-refractivity contribution in [2.24, 2.45) is 0 Å². The van der Waals surface area contributed by atoms with Crippen LogP contribution in [0.5, 0.6) is 0 Å². The molecule has 0 aromatic rings. The van der Waals surface area contributed by atoms with Gasteiger partial charge in [-0.15, -0.1) is 12.4 Å². The summed E-state index contributed by atoms with van der Waals surface area (Å²) in [5.74, 6) is 0.0945. The lowest BCUT2D eigenvalue weighted by Crippen LogP contribution is -2.35. The maximum atomic E-state index is 11.8. The molecule has 1 heterocycles. The van der Waals surface area contributed by atoms with Gasteiger partial charge in [0.15, 0.2) is 0 Å². The first-order valence-electron chi connectivity index (χ1n) is 5.33. The number of hydrogen-bond donors (Lipinski definition) is 1. The van der Waals surface area contributed by atoms with Crippen molar-refractivity contribution in [3.63, 3.8) is 0 Å². The molecule has 0 aliphatic carbocycles. The Balaban J connectivity index is 0.00000225. The summed E-state index contributed by atoms with van der Waals surface area (Å²) in [7, 11) is -1.24. The molecule has 0 aromatic heterocycles. The van der Waals surface area contributed by atoms with E-state index in [2.05, 4.69) is 5.32 Å². The minimum Gasteiger partial charge on any atom is -0.381 e. The molecule has 1 unspecified atom stereocenters. The zero-order valence-corrected chi connectivity index (χ0v) is 11.4.